The van der Waals surface area contributed by atoms with Crippen LogP contribution in [0.1, 0.15) is 40.0 Å². The van der Waals surface area contributed by atoms with Gasteiger partial charge in [0.25, 0.3) is 0 Å². The Balaban J connectivity index is 3.98. The van der Waals surface area contributed by atoms with Crippen LogP contribution in [0.2, 0.25) is 0 Å². The third-order valence-electron chi connectivity index (χ3n) is 1.64. The molecule has 0 radical (unpaired) electrons. The van der Waals surface area contributed by atoms with Gasteiger partial charge in [-0.25, -0.2) is 0 Å². The molecule has 0 saturated carbocycles. The van der Waals surface area contributed by atoms with Crippen molar-refractivity contribution in [1.29, 1.82) is 0 Å². The van der Waals surface area contributed by atoms with Gasteiger partial charge in [-0.15, -0.1) is 11.8 Å². The van der Waals surface area contributed by atoms with Crippen molar-refractivity contribution in [1.82, 2.24) is 0 Å². The monoisotopic (exact) mass is 230 g/mol. The van der Waals surface area contributed by atoms with Crippen LogP contribution in [0.4, 0.5) is 0 Å². The van der Waals surface area contributed by atoms with Crippen LogP contribution in [-0.2, 0) is 4.79 Å². The first-order chi connectivity index (χ1) is 6.52. The summed E-state index contributed by atoms with van der Waals surface area (Å²) in [6.07, 6.45) is 7.50. The number of thioether (sulfide) groups is 1. The second kappa shape index (κ2) is 7.18. The highest BCUT2D eigenvalue weighted by atomic mass is 32.2. The lowest BCUT2D eigenvalue weighted by atomic mass is 10.1. The van der Waals surface area contributed by atoms with E-state index in [4.69, 9.17) is 12.2 Å². The van der Waals surface area contributed by atoms with Gasteiger partial charge in [0.2, 0.25) is 0 Å². The summed E-state index contributed by atoms with van der Waals surface area (Å²) in [4.78, 5) is 10.1. The molecule has 14 heavy (non-hydrogen) atoms. The predicted octanol–water partition coefficient (Wildman–Crippen LogP) is 3.77. The molecule has 1 nitrogen and oxygen atoms in total. The van der Waals surface area contributed by atoms with Crippen LogP contribution in [0.5, 0.6) is 0 Å². The van der Waals surface area contributed by atoms with Crippen molar-refractivity contribution in [2.24, 2.45) is 0 Å². The van der Waals surface area contributed by atoms with Gasteiger partial charge < -0.3 is 4.79 Å². The average Bonchev–Trinajstić information content (AvgIpc) is 2.12. The highest BCUT2D eigenvalue weighted by Crippen LogP contribution is 2.28. The molecule has 0 aliphatic heterocycles. The Labute approximate surface area is 96.3 Å². The van der Waals surface area contributed by atoms with Crippen molar-refractivity contribution in [3.63, 3.8) is 0 Å². The fourth-order valence-corrected chi connectivity index (χ4v) is 2.47. The molecule has 0 aromatic rings. The van der Waals surface area contributed by atoms with E-state index in [9.17, 15) is 4.79 Å². The molecule has 80 valence electrons. The van der Waals surface area contributed by atoms with Gasteiger partial charge in [0.1, 0.15) is 6.29 Å². The number of hydrogen-bond donors (Lipinski definition) is 0. The summed E-state index contributed by atoms with van der Waals surface area (Å²) < 4.78 is 1.09. The number of rotatable bonds is 6. The number of carbonyl (C=O) groups is 1. The number of unbranched alkanes of at least 4 members (excludes halogenated alkanes) is 1. The van der Waals surface area contributed by atoms with E-state index in [1.54, 1.807) is 11.8 Å². The summed E-state index contributed by atoms with van der Waals surface area (Å²) in [7, 11) is 0. The van der Waals surface area contributed by atoms with Gasteiger partial charge in [-0.2, -0.15) is 0 Å². The van der Waals surface area contributed by atoms with Gasteiger partial charge >= 0.3 is 0 Å². The molecule has 0 unspecified atom stereocenters. The molecule has 0 rings (SSSR count). The zero-order valence-corrected chi connectivity index (χ0v) is 10.7. The largest absolute Gasteiger partial charge is 0.303 e. The van der Waals surface area contributed by atoms with E-state index in [2.05, 4.69) is 32.9 Å². The molecule has 0 bridgehead atoms. The maximum atomic E-state index is 10.1. The normalized spacial score (nSPS) is 11.9. The first-order valence-electron chi connectivity index (χ1n) is 4.85. The van der Waals surface area contributed by atoms with Gasteiger partial charge in [0.15, 0.2) is 0 Å². The molecule has 0 atom stereocenters. The maximum Gasteiger partial charge on any atom is 0.120 e. The van der Waals surface area contributed by atoms with Gasteiger partial charge in [0.05, 0.1) is 0 Å². The Hall–Kier alpha value is -0.150. The second-order valence-electron chi connectivity index (χ2n) is 3.58. The van der Waals surface area contributed by atoms with E-state index in [-0.39, 0.29) is 4.75 Å². The van der Waals surface area contributed by atoms with Crippen molar-refractivity contribution in [3.05, 3.63) is 12.2 Å². The lowest BCUT2D eigenvalue weighted by Crippen LogP contribution is -2.12. The minimum Gasteiger partial charge on any atom is -0.303 e. The first kappa shape index (κ1) is 13.8. The van der Waals surface area contributed by atoms with Gasteiger partial charge in [-0.05, 0) is 26.7 Å². The highest BCUT2D eigenvalue weighted by Gasteiger charge is 2.15. The van der Waals surface area contributed by atoms with Crippen molar-refractivity contribution in [2.75, 3.05) is 0 Å². The van der Waals surface area contributed by atoms with Gasteiger partial charge in [-0.1, -0.05) is 31.3 Å². The van der Waals surface area contributed by atoms with Crippen LogP contribution >= 0.6 is 24.0 Å². The van der Waals surface area contributed by atoms with Gasteiger partial charge in [-0.3, -0.25) is 0 Å². The Morgan fingerprint density at radius 3 is 2.57 bits per heavy atom. The Bertz CT molecular complexity index is 219. The molecule has 0 aromatic carbocycles. The Kier molecular flexibility index (Phi) is 7.11. The van der Waals surface area contributed by atoms with Crippen molar-refractivity contribution >= 4 is 34.5 Å². The summed E-state index contributed by atoms with van der Waals surface area (Å²) in [5, 5.41) is 0. The molecule has 0 fully saturated rings. The topological polar surface area (TPSA) is 17.1 Å². The van der Waals surface area contributed by atoms with Gasteiger partial charge in [0, 0.05) is 15.4 Å². The number of carbonyl (C=O) groups excluding carboxylic acids is 1. The zero-order chi connectivity index (χ0) is 11.0. The minimum atomic E-state index is 0.0516. The third-order valence-corrected chi connectivity index (χ3v) is 3.35. The quantitative estimate of drug-likeness (QED) is 0.299. The van der Waals surface area contributed by atoms with Crippen LogP contribution in [0.3, 0.4) is 0 Å². The fraction of sp³-hybridized carbons (Fsp3) is 0.636. The molecule has 0 N–H and O–H groups in total. The molecule has 0 heterocycles. The lowest BCUT2D eigenvalue weighted by molar-refractivity contribution is -0.107. The lowest BCUT2D eigenvalue weighted by Gasteiger charge is -2.19. The molecule has 0 aliphatic carbocycles. The standard InChI is InChI=1S/C11H18OS2/c1-4-10(13)14-11(2,3)8-6-5-7-9-12/h6,8-9H,4-5,7H2,1-3H3/b8-6+. The molecule has 0 aromatic heterocycles. The van der Waals surface area contributed by atoms with Crippen LogP contribution in [-0.4, -0.2) is 15.2 Å². The molecule has 0 spiro atoms. The van der Waals surface area contributed by atoms with E-state index in [0.29, 0.717) is 6.42 Å². The second-order valence-corrected chi connectivity index (χ2v) is 6.08. The van der Waals surface area contributed by atoms with Crippen LogP contribution in [0.25, 0.3) is 0 Å². The Morgan fingerprint density at radius 2 is 2.07 bits per heavy atom. The van der Waals surface area contributed by atoms with Crippen molar-refractivity contribution < 1.29 is 4.79 Å². The van der Waals surface area contributed by atoms with E-state index < -0.39 is 0 Å². The molecule has 0 aliphatic rings. The number of thiocarbonyl (C=S) groups is 1. The predicted molar refractivity (Wildman–Crippen MR) is 69.0 cm³/mol. The molecule has 0 amide bonds. The number of allylic oxidation sites excluding steroid dienone is 1. The molecule has 3 heteroatoms. The smallest absolute Gasteiger partial charge is 0.120 e. The number of hydrogen-bond acceptors (Lipinski definition) is 3. The highest BCUT2D eigenvalue weighted by molar-refractivity contribution is 8.24. The van der Waals surface area contributed by atoms with Crippen molar-refractivity contribution in [2.45, 2.75) is 44.8 Å². The third kappa shape index (κ3) is 7.27. The Morgan fingerprint density at radius 1 is 1.43 bits per heavy atom. The summed E-state index contributed by atoms with van der Waals surface area (Å²) >= 11 is 6.89. The first-order valence-corrected chi connectivity index (χ1v) is 6.07. The summed E-state index contributed by atoms with van der Waals surface area (Å²) in [5.74, 6) is 0. The van der Waals surface area contributed by atoms with E-state index >= 15 is 0 Å². The molecular formula is C11H18OS2. The summed E-state index contributed by atoms with van der Waals surface area (Å²) in [5.41, 5.74) is 0. The summed E-state index contributed by atoms with van der Waals surface area (Å²) in [6, 6.07) is 0. The maximum absolute atomic E-state index is 10.1. The number of aldehydes is 1. The zero-order valence-electron chi connectivity index (χ0n) is 9.08. The summed E-state index contributed by atoms with van der Waals surface area (Å²) in [6.45, 7) is 6.34. The van der Waals surface area contributed by atoms with E-state index in [0.717, 1.165) is 23.3 Å². The fourth-order valence-electron chi connectivity index (χ4n) is 0.931. The SMILES string of the molecule is CCC(=S)SC(C)(C)/C=C/CCC=O. The van der Waals surface area contributed by atoms with E-state index in [1.807, 2.05) is 0 Å². The average molecular weight is 230 g/mol. The minimum absolute atomic E-state index is 0.0516. The van der Waals surface area contributed by atoms with E-state index in [1.165, 1.54) is 0 Å². The molecule has 0 saturated heterocycles. The van der Waals surface area contributed by atoms with Crippen LogP contribution in [0, 0.1) is 0 Å². The molecular weight excluding hydrogens is 212 g/mol. The van der Waals surface area contributed by atoms with Crippen LogP contribution in [0.15, 0.2) is 12.2 Å². The van der Waals surface area contributed by atoms with Crippen LogP contribution < -0.4 is 0 Å². The van der Waals surface area contributed by atoms with Crippen molar-refractivity contribution in [3.8, 4) is 0 Å².